The lowest BCUT2D eigenvalue weighted by atomic mass is 9.89. The van der Waals surface area contributed by atoms with E-state index in [1.54, 1.807) is 4.90 Å². The number of hydrogen-bond donors (Lipinski definition) is 2. The maximum absolute atomic E-state index is 12.7. The molecule has 0 bridgehead atoms. The van der Waals surface area contributed by atoms with Gasteiger partial charge in [0.2, 0.25) is 11.9 Å². The number of nitrogens with zero attached hydrogens (tertiary/aromatic N) is 2. The SMILES string of the molecule is O=C(Nc1nc2ccccc2n1CC[NH+]1CCCCC1)C1CCCCC1. The molecule has 1 saturated carbocycles. The van der Waals surface area contributed by atoms with Crippen LogP contribution in [-0.2, 0) is 11.3 Å². The average molecular weight is 356 g/mol. The van der Waals surface area contributed by atoms with Crippen LogP contribution >= 0.6 is 0 Å². The molecule has 1 aromatic carbocycles. The summed E-state index contributed by atoms with van der Waals surface area (Å²) in [7, 11) is 0. The molecule has 0 spiro atoms. The normalized spacial score (nSPS) is 19.7. The lowest BCUT2D eigenvalue weighted by Crippen LogP contribution is -3.13. The van der Waals surface area contributed by atoms with Gasteiger partial charge < -0.3 is 9.47 Å². The van der Waals surface area contributed by atoms with Crippen molar-refractivity contribution in [3.05, 3.63) is 24.3 Å². The first-order chi connectivity index (χ1) is 12.8. The Balaban J connectivity index is 1.51. The summed E-state index contributed by atoms with van der Waals surface area (Å²) >= 11 is 0. The molecule has 0 radical (unpaired) electrons. The molecular weight excluding hydrogens is 324 g/mol. The van der Waals surface area contributed by atoms with Gasteiger partial charge in [-0.1, -0.05) is 31.4 Å². The molecule has 5 heteroatoms. The number of piperidine rings is 1. The number of likely N-dealkylation sites (tertiary alicyclic amines) is 1. The molecule has 1 aliphatic carbocycles. The second kappa shape index (κ2) is 8.21. The van der Waals surface area contributed by atoms with E-state index in [1.807, 2.05) is 12.1 Å². The van der Waals surface area contributed by atoms with Crippen LogP contribution in [-0.4, -0.2) is 35.1 Å². The molecule has 26 heavy (non-hydrogen) atoms. The maximum atomic E-state index is 12.7. The van der Waals surface area contributed by atoms with Crippen molar-refractivity contribution in [1.82, 2.24) is 9.55 Å². The van der Waals surface area contributed by atoms with Gasteiger partial charge in [-0.2, -0.15) is 0 Å². The van der Waals surface area contributed by atoms with Gasteiger partial charge in [-0.3, -0.25) is 10.1 Å². The van der Waals surface area contributed by atoms with Gasteiger partial charge in [0.05, 0.1) is 37.2 Å². The van der Waals surface area contributed by atoms with Crippen molar-refractivity contribution >= 4 is 22.9 Å². The number of para-hydroxylation sites is 2. The molecule has 5 nitrogen and oxygen atoms in total. The van der Waals surface area contributed by atoms with Crippen molar-refractivity contribution in [2.45, 2.75) is 57.9 Å². The molecule has 140 valence electrons. The van der Waals surface area contributed by atoms with Crippen molar-refractivity contribution in [3.8, 4) is 0 Å². The number of aromatic nitrogens is 2. The van der Waals surface area contributed by atoms with E-state index in [0.717, 1.165) is 42.9 Å². The van der Waals surface area contributed by atoms with Gasteiger partial charge in [0.1, 0.15) is 0 Å². The third kappa shape index (κ3) is 3.93. The molecule has 1 aliphatic heterocycles. The first kappa shape index (κ1) is 17.5. The van der Waals surface area contributed by atoms with Crippen molar-refractivity contribution in [2.75, 3.05) is 25.0 Å². The highest BCUT2D eigenvalue weighted by Gasteiger charge is 2.23. The Hall–Kier alpha value is -1.88. The molecule has 2 heterocycles. The summed E-state index contributed by atoms with van der Waals surface area (Å²) in [6.45, 7) is 4.57. The maximum Gasteiger partial charge on any atom is 0.229 e. The minimum absolute atomic E-state index is 0.157. The van der Waals surface area contributed by atoms with E-state index in [4.69, 9.17) is 4.98 Å². The van der Waals surface area contributed by atoms with Gasteiger partial charge in [-0.25, -0.2) is 4.98 Å². The zero-order chi connectivity index (χ0) is 17.8. The molecule has 2 fully saturated rings. The number of fused-ring (bicyclic) bond motifs is 1. The minimum Gasteiger partial charge on any atom is -0.333 e. The van der Waals surface area contributed by atoms with E-state index in [2.05, 4.69) is 22.0 Å². The van der Waals surface area contributed by atoms with Gasteiger partial charge in [-0.05, 0) is 44.2 Å². The highest BCUT2D eigenvalue weighted by atomic mass is 16.2. The summed E-state index contributed by atoms with van der Waals surface area (Å²) in [6, 6.07) is 8.23. The molecule has 2 N–H and O–H groups in total. The van der Waals surface area contributed by atoms with Crippen LogP contribution in [0.5, 0.6) is 0 Å². The standard InChI is InChI=1S/C21H30N4O/c26-20(17-9-3-1-4-10-17)23-21-22-18-11-5-6-12-19(18)25(21)16-15-24-13-7-2-8-14-24/h5-6,11-12,17H,1-4,7-10,13-16H2,(H,22,23,26)/p+1. The van der Waals surface area contributed by atoms with Crippen LogP contribution in [0.2, 0.25) is 0 Å². The number of quaternary nitrogens is 1. The third-order valence-electron chi connectivity index (χ3n) is 6.12. The van der Waals surface area contributed by atoms with Crippen LogP contribution in [0.15, 0.2) is 24.3 Å². The number of benzene rings is 1. The second-order valence-electron chi connectivity index (χ2n) is 7.96. The largest absolute Gasteiger partial charge is 0.333 e. The van der Waals surface area contributed by atoms with Gasteiger partial charge in [0, 0.05) is 5.92 Å². The molecule has 2 aromatic rings. The number of hydrogen-bond acceptors (Lipinski definition) is 2. The van der Waals surface area contributed by atoms with E-state index in [0.29, 0.717) is 0 Å². The van der Waals surface area contributed by atoms with Gasteiger partial charge in [-0.15, -0.1) is 0 Å². The number of anilines is 1. The van der Waals surface area contributed by atoms with Gasteiger partial charge in [0.15, 0.2) is 0 Å². The molecule has 1 amide bonds. The van der Waals surface area contributed by atoms with Crippen molar-refractivity contribution < 1.29 is 9.69 Å². The van der Waals surface area contributed by atoms with Crippen LogP contribution in [0.1, 0.15) is 51.4 Å². The first-order valence-corrected chi connectivity index (χ1v) is 10.4. The summed E-state index contributed by atoms with van der Waals surface area (Å²) in [5, 5.41) is 3.16. The summed E-state index contributed by atoms with van der Waals surface area (Å²) < 4.78 is 2.22. The zero-order valence-corrected chi connectivity index (χ0v) is 15.7. The van der Waals surface area contributed by atoms with Gasteiger partial charge in [0.25, 0.3) is 0 Å². The Kier molecular flexibility index (Phi) is 5.54. The summed E-state index contributed by atoms with van der Waals surface area (Å²) in [4.78, 5) is 19.1. The molecule has 4 rings (SSSR count). The molecule has 2 aliphatic rings. The quantitative estimate of drug-likeness (QED) is 0.866. The van der Waals surface area contributed by atoms with E-state index >= 15 is 0 Å². The Morgan fingerprint density at radius 2 is 1.81 bits per heavy atom. The van der Waals surface area contributed by atoms with Crippen LogP contribution in [0.25, 0.3) is 11.0 Å². The Morgan fingerprint density at radius 1 is 1.08 bits per heavy atom. The lowest BCUT2D eigenvalue weighted by molar-refractivity contribution is -0.905. The van der Waals surface area contributed by atoms with Crippen LogP contribution < -0.4 is 10.2 Å². The number of nitrogens with one attached hydrogen (secondary N) is 2. The fraction of sp³-hybridized carbons (Fsp3) is 0.619. The van der Waals surface area contributed by atoms with E-state index in [1.165, 1.54) is 51.6 Å². The monoisotopic (exact) mass is 355 g/mol. The van der Waals surface area contributed by atoms with Crippen molar-refractivity contribution in [3.63, 3.8) is 0 Å². The number of amides is 1. The first-order valence-electron chi connectivity index (χ1n) is 10.4. The molecule has 1 saturated heterocycles. The predicted octanol–water partition coefficient (Wildman–Crippen LogP) is 2.62. The molecule has 0 atom stereocenters. The fourth-order valence-corrected chi connectivity index (χ4v) is 4.55. The van der Waals surface area contributed by atoms with Gasteiger partial charge >= 0.3 is 0 Å². The topological polar surface area (TPSA) is 51.4 Å². The summed E-state index contributed by atoms with van der Waals surface area (Å²) in [6.07, 6.45) is 9.70. The Bertz CT molecular complexity index is 742. The number of carbonyl (C=O) groups is 1. The van der Waals surface area contributed by atoms with Crippen LogP contribution in [0, 0.1) is 5.92 Å². The number of carbonyl (C=O) groups excluding carboxylic acids is 1. The summed E-state index contributed by atoms with van der Waals surface area (Å²) in [5.41, 5.74) is 2.10. The smallest absolute Gasteiger partial charge is 0.229 e. The molecular formula is C21H31N4O+. The van der Waals surface area contributed by atoms with Crippen molar-refractivity contribution in [1.29, 1.82) is 0 Å². The van der Waals surface area contributed by atoms with E-state index < -0.39 is 0 Å². The number of rotatable bonds is 5. The zero-order valence-electron chi connectivity index (χ0n) is 15.7. The minimum atomic E-state index is 0.157. The predicted molar refractivity (Wildman–Crippen MR) is 104 cm³/mol. The lowest BCUT2D eigenvalue weighted by Gasteiger charge is -2.24. The average Bonchev–Trinajstić information content (AvgIpc) is 3.05. The van der Waals surface area contributed by atoms with E-state index in [9.17, 15) is 4.79 Å². The number of imidazole rings is 1. The highest BCUT2D eigenvalue weighted by Crippen LogP contribution is 2.26. The van der Waals surface area contributed by atoms with E-state index in [-0.39, 0.29) is 11.8 Å². The van der Waals surface area contributed by atoms with Crippen LogP contribution in [0.4, 0.5) is 5.95 Å². The summed E-state index contributed by atoms with van der Waals surface area (Å²) in [5.74, 6) is 1.05. The molecule has 1 aromatic heterocycles. The highest BCUT2D eigenvalue weighted by molar-refractivity contribution is 5.93. The van der Waals surface area contributed by atoms with Crippen LogP contribution in [0.3, 0.4) is 0 Å². The molecule has 0 unspecified atom stereocenters. The van der Waals surface area contributed by atoms with Crippen molar-refractivity contribution in [2.24, 2.45) is 5.92 Å². The Labute approximate surface area is 155 Å². The second-order valence-corrected chi connectivity index (χ2v) is 7.96. The third-order valence-corrected chi connectivity index (χ3v) is 6.12. The Morgan fingerprint density at radius 3 is 2.62 bits per heavy atom. The fourth-order valence-electron chi connectivity index (χ4n) is 4.55.